The zero-order valence-electron chi connectivity index (χ0n) is 20.9. The summed E-state index contributed by atoms with van der Waals surface area (Å²) in [4.78, 5) is 41.0. The van der Waals surface area contributed by atoms with Gasteiger partial charge in [-0.15, -0.1) is 0 Å². The number of carbonyl (C=O) groups is 3. The van der Waals surface area contributed by atoms with Crippen molar-refractivity contribution < 1.29 is 28.6 Å². The topological polar surface area (TPSA) is 152 Å². The molecule has 3 rings (SSSR count). The molecule has 0 fully saturated rings. The van der Waals surface area contributed by atoms with Gasteiger partial charge in [0.25, 0.3) is 5.91 Å². The van der Waals surface area contributed by atoms with Gasteiger partial charge in [0.1, 0.15) is 11.9 Å². The van der Waals surface area contributed by atoms with Crippen LogP contribution in [0.2, 0.25) is 5.02 Å². The fraction of sp³-hybridized carbons (Fsp3) is 0.375. The zero-order valence-corrected chi connectivity index (χ0v) is 21.7. The minimum Gasteiger partial charge on any atom is -0.465 e. The highest BCUT2D eigenvalue weighted by molar-refractivity contribution is 6.34. The van der Waals surface area contributed by atoms with Crippen LogP contribution >= 0.6 is 11.6 Å². The number of amides is 3. The SMILES string of the molecule is CCN(CCCn1cc(-c2ccc(Cl)c(NC(=O)c3coc(NC(=O)OC(C)(C)C)n3)c2)cn1)C(=O)O. The smallest absolute Gasteiger partial charge is 0.415 e. The fourth-order valence-corrected chi connectivity index (χ4v) is 3.43. The van der Waals surface area contributed by atoms with Crippen LogP contribution in [0.1, 0.15) is 44.6 Å². The van der Waals surface area contributed by atoms with Crippen molar-refractivity contribution in [1.82, 2.24) is 19.7 Å². The normalized spacial score (nSPS) is 11.2. The van der Waals surface area contributed by atoms with Gasteiger partial charge in [-0.1, -0.05) is 17.7 Å². The Morgan fingerprint density at radius 2 is 1.97 bits per heavy atom. The van der Waals surface area contributed by atoms with Crippen molar-refractivity contribution in [3.05, 3.63) is 47.6 Å². The van der Waals surface area contributed by atoms with Crippen LogP contribution in [0.3, 0.4) is 0 Å². The van der Waals surface area contributed by atoms with Crippen LogP contribution in [0, 0.1) is 0 Å². The summed E-state index contributed by atoms with van der Waals surface area (Å²) in [6.07, 6.45) is 3.52. The van der Waals surface area contributed by atoms with E-state index in [-0.39, 0.29) is 11.7 Å². The summed E-state index contributed by atoms with van der Waals surface area (Å²) < 4.78 is 12.0. The van der Waals surface area contributed by atoms with Crippen molar-refractivity contribution >= 4 is 41.4 Å². The lowest BCUT2D eigenvalue weighted by Crippen LogP contribution is -2.30. The summed E-state index contributed by atoms with van der Waals surface area (Å²) in [5, 5.41) is 18.8. The van der Waals surface area contributed by atoms with Gasteiger partial charge in [-0.25, -0.2) is 14.9 Å². The molecule has 37 heavy (non-hydrogen) atoms. The Morgan fingerprint density at radius 1 is 1.22 bits per heavy atom. The zero-order chi connectivity index (χ0) is 27.2. The van der Waals surface area contributed by atoms with E-state index >= 15 is 0 Å². The summed E-state index contributed by atoms with van der Waals surface area (Å²) >= 11 is 6.29. The van der Waals surface area contributed by atoms with Crippen LogP contribution in [-0.4, -0.2) is 61.6 Å². The molecule has 0 unspecified atom stereocenters. The predicted octanol–water partition coefficient (Wildman–Crippen LogP) is 5.18. The van der Waals surface area contributed by atoms with Crippen molar-refractivity contribution in [1.29, 1.82) is 0 Å². The van der Waals surface area contributed by atoms with E-state index in [1.807, 2.05) is 6.20 Å². The number of hydrogen-bond acceptors (Lipinski definition) is 7. The van der Waals surface area contributed by atoms with E-state index in [9.17, 15) is 14.4 Å². The molecule has 0 saturated carbocycles. The molecule has 0 radical (unpaired) electrons. The third-order valence-corrected chi connectivity index (χ3v) is 5.32. The van der Waals surface area contributed by atoms with Crippen LogP contribution in [-0.2, 0) is 11.3 Å². The van der Waals surface area contributed by atoms with E-state index in [0.29, 0.717) is 36.8 Å². The molecule has 0 aliphatic rings. The number of ether oxygens (including phenoxy) is 1. The summed E-state index contributed by atoms with van der Waals surface area (Å²) in [5.74, 6) is -0.588. The molecule has 3 amide bonds. The first kappa shape index (κ1) is 27.5. The Labute approximate surface area is 218 Å². The Morgan fingerprint density at radius 3 is 2.65 bits per heavy atom. The van der Waals surface area contributed by atoms with E-state index in [2.05, 4.69) is 20.7 Å². The maximum Gasteiger partial charge on any atom is 0.415 e. The first-order valence-corrected chi connectivity index (χ1v) is 11.9. The van der Waals surface area contributed by atoms with Gasteiger partial charge in [-0.2, -0.15) is 10.1 Å². The van der Waals surface area contributed by atoms with E-state index in [1.54, 1.807) is 56.8 Å². The highest BCUT2D eigenvalue weighted by Crippen LogP contribution is 2.29. The number of anilines is 2. The van der Waals surface area contributed by atoms with E-state index in [1.165, 1.54) is 4.90 Å². The molecule has 2 heterocycles. The van der Waals surface area contributed by atoms with Crippen LogP contribution in [0.15, 0.2) is 41.3 Å². The molecule has 1 aromatic carbocycles. The number of rotatable bonds is 9. The monoisotopic (exact) mass is 532 g/mol. The van der Waals surface area contributed by atoms with E-state index in [0.717, 1.165) is 17.4 Å². The molecule has 2 aromatic heterocycles. The molecule has 0 bridgehead atoms. The van der Waals surface area contributed by atoms with Gasteiger partial charge >= 0.3 is 18.2 Å². The summed E-state index contributed by atoms with van der Waals surface area (Å²) in [6.45, 7) is 8.32. The second-order valence-electron chi connectivity index (χ2n) is 9.02. The van der Waals surface area contributed by atoms with Gasteiger partial charge in [-0.3, -0.25) is 9.48 Å². The predicted molar refractivity (Wildman–Crippen MR) is 137 cm³/mol. The molecule has 0 spiro atoms. The van der Waals surface area contributed by atoms with Gasteiger partial charge in [0.2, 0.25) is 0 Å². The Hall–Kier alpha value is -4.06. The second kappa shape index (κ2) is 11.8. The van der Waals surface area contributed by atoms with Crippen LogP contribution in [0.5, 0.6) is 0 Å². The number of halogens is 1. The number of aryl methyl sites for hydroxylation is 1. The summed E-state index contributed by atoms with van der Waals surface area (Å²) in [5.41, 5.74) is 1.14. The highest BCUT2D eigenvalue weighted by Gasteiger charge is 2.20. The number of carbonyl (C=O) groups excluding carboxylic acids is 2. The van der Waals surface area contributed by atoms with Gasteiger partial charge in [0.05, 0.1) is 16.9 Å². The molecule has 12 nitrogen and oxygen atoms in total. The first-order chi connectivity index (χ1) is 17.4. The molecule has 0 aliphatic heterocycles. The maximum atomic E-state index is 12.7. The second-order valence-corrected chi connectivity index (χ2v) is 9.43. The molecule has 3 aromatic rings. The minimum absolute atomic E-state index is 0.0668. The number of benzene rings is 1. The van der Waals surface area contributed by atoms with Crippen LogP contribution < -0.4 is 10.6 Å². The summed E-state index contributed by atoms with van der Waals surface area (Å²) in [7, 11) is 0. The number of carboxylic acid groups (broad SMARTS) is 1. The van der Waals surface area contributed by atoms with Gasteiger partial charge in [-0.05, 0) is 51.8 Å². The maximum absolute atomic E-state index is 12.7. The number of nitrogens with zero attached hydrogens (tertiary/aromatic N) is 4. The molecule has 198 valence electrons. The van der Waals surface area contributed by atoms with Gasteiger partial charge < -0.3 is 24.5 Å². The van der Waals surface area contributed by atoms with Crippen LogP contribution in [0.4, 0.5) is 21.3 Å². The Bertz CT molecular complexity index is 1260. The van der Waals surface area contributed by atoms with Gasteiger partial charge in [0, 0.05) is 31.4 Å². The quantitative estimate of drug-likeness (QED) is 0.341. The molecule has 0 aliphatic carbocycles. The van der Waals surface area contributed by atoms with E-state index < -0.39 is 23.7 Å². The number of hydrogen-bond donors (Lipinski definition) is 3. The van der Waals surface area contributed by atoms with Crippen molar-refractivity contribution in [2.24, 2.45) is 0 Å². The van der Waals surface area contributed by atoms with Gasteiger partial charge in [0.15, 0.2) is 5.69 Å². The van der Waals surface area contributed by atoms with Crippen molar-refractivity contribution in [3.63, 3.8) is 0 Å². The average Bonchev–Trinajstić information content (AvgIpc) is 3.46. The lowest BCUT2D eigenvalue weighted by molar-refractivity contribution is 0.0631. The third-order valence-electron chi connectivity index (χ3n) is 4.99. The molecular formula is C24H29ClN6O6. The fourth-order valence-electron chi connectivity index (χ4n) is 3.26. The average molecular weight is 533 g/mol. The highest BCUT2D eigenvalue weighted by atomic mass is 35.5. The van der Waals surface area contributed by atoms with Crippen molar-refractivity contribution in [2.75, 3.05) is 23.7 Å². The molecule has 0 saturated heterocycles. The van der Waals surface area contributed by atoms with Crippen molar-refractivity contribution in [3.8, 4) is 11.1 Å². The molecule has 0 atom stereocenters. The largest absolute Gasteiger partial charge is 0.465 e. The molecule has 3 N–H and O–H groups in total. The van der Waals surface area contributed by atoms with Crippen molar-refractivity contribution in [2.45, 2.75) is 46.3 Å². The first-order valence-electron chi connectivity index (χ1n) is 11.5. The lowest BCUT2D eigenvalue weighted by atomic mass is 10.1. The van der Waals surface area contributed by atoms with Crippen LogP contribution in [0.25, 0.3) is 11.1 Å². The number of nitrogens with one attached hydrogen (secondary N) is 2. The minimum atomic E-state index is -0.944. The third kappa shape index (κ3) is 7.97. The molecular weight excluding hydrogens is 504 g/mol. The summed E-state index contributed by atoms with van der Waals surface area (Å²) in [6, 6.07) is 4.96. The van der Waals surface area contributed by atoms with E-state index in [4.69, 9.17) is 25.9 Å². The number of aromatic nitrogens is 3. The number of oxazole rings is 1. The standard InChI is InChI=1S/C24H29ClN6O6/c1-5-30(23(34)35)9-6-10-31-13-16(12-26-31)15-7-8-17(25)18(11-15)27-20(32)19-14-36-21(28-19)29-22(33)37-24(2,3)4/h7-8,11-14H,5-6,9-10H2,1-4H3,(H,27,32)(H,34,35)(H,28,29,33). The lowest BCUT2D eigenvalue weighted by Gasteiger charge is -2.18. The Balaban J connectivity index is 1.63. The molecule has 13 heteroatoms. The Kier molecular flexibility index (Phi) is 8.77.